The van der Waals surface area contributed by atoms with Crippen molar-refractivity contribution in [2.24, 2.45) is 5.41 Å². The van der Waals surface area contributed by atoms with Crippen LogP contribution in [0.2, 0.25) is 0 Å². The van der Waals surface area contributed by atoms with Crippen LogP contribution in [-0.4, -0.2) is 48.9 Å². The summed E-state index contributed by atoms with van der Waals surface area (Å²) in [7, 11) is 0. The molecular formula is C30H42N4O2. The van der Waals surface area contributed by atoms with E-state index in [1.807, 2.05) is 18.2 Å². The molecule has 1 aliphatic heterocycles. The summed E-state index contributed by atoms with van der Waals surface area (Å²) in [6, 6.07) is 16.6. The molecule has 0 spiro atoms. The first-order chi connectivity index (χ1) is 17.3. The van der Waals surface area contributed by atoms with E-state index in [4.69, 9.17) is 0 Å². The molecule has 2 aromatic carbocycles. The summed E-state index contributed by atoms with van der Waals surface area (Å²) in [6.45, 7) is 10.7. The van der Waals surface area contributed by atoms with Crippen molar-refractivity contribution in [2.45, 2.75) is 71.9 Å². The van der Waals surface area contributed by atoms with E-state index in [2.05, 4.69) is 71.5 Å². The second-order valence-corrected chi connectivity index (χ2v) is 11.6. The van der Waals surface area contributed by atoms with E-state index in [0.29, 0.717) is 17.7 Å². The summed E-state index contributed by atoms with van der Waals surface area (Å²) in [5.41, 5.74) is 3.53. The van der Waals surface area contributed by atoms with Crippen LogP contribution in [-0.2, 0) is 11.3 Å². The molecule has 0 atom stereocenters. The number of hydrogen-bond donors (Lipinski definition) is 2. The van der Waals surface area contributed by atoms with Gasteiger partial charge in [-0.15, -0.1) is 0 Å². The average Bonchev–Trinajstić information content (AvgIpc) is 2.85. The molecule has 2 N–H and O–H groups in total. The fourth-order valence-corrected chi connectivity index (χ4v) is 5.26. The highest BCUT2D eigenvalue weighted by molar-refractivity contribution is 6.02. The third-order valence-electron chi connectivity index (χ3n) is 7.12. The van der Waals surface area contributed by atoms with Crippen LogP contribution in [0.5, 0.6) is 0 Å². The summed E-state index contributed by atoms with van der Waals surface area (Å²) in [5.74, 6) is -0.0565. The monoisotopic (exact) mass is 490 g/mol. The highest BCUT2D eigenvalue weighted by Crippen LogP contribution is 2.28. The average molecular weight is 491 g/mol. The van der Waals surface area contributed by atoms with Crippen LogP contribution in [0.25, 0.3) is 0 Å². The molecule has 0 unspecified atom stereocenters. The summed E-state index contributed by atoms with van der Waals surface area (Å²) in [4.78, 5) is 30.8. The van der Waals surface area contributed by atoms with Gasteiger partial charge < -0.3 is 15.5 Å². The highest BCUT2D eigenvalue weighted by Gasteiger charge is 2.25. The lowest BCUT2D eigenvalue weighted by Gasteiger charge is -2.37. The minimum atomic E-state index is -0.0926. The fourth-order valence-electron chi connectivity index (χ4n) is 5.26. The molecule has 0 bridgehead atoms. The quantitative estimate of drug-likeness (QED) is 0.542. The van der Waals surface area contributed by atoms with Crippen molar-refractivity contribution in [3.8, 4) is 0 Å². The van der Waals surface area contributed by atoms with Crippen LogP contribution in [0, 0.1) is 5.41 Å². The Morgan fingerprint density at radius 3 is 2.28 bits per heavy atom. The number of nitrogens with zero attached hydrogens (tertiary/aromatic N) is 2. The first kappa shape index (κ1) is 26.2. The van der Waals surface area contributed by atoms with Crippen molar-refractivity contribution in [1.29, 1.82) is 0 Å². The Balaban J connectivity index is 1.48. The van der Waals surface area contributed by atoms with Crippen LogP contribution in [0.3, 0.4) is 0 Å². The predicted octanol–water partition coefficient (Wildman–Crippen LogP) is 5.45. The standard InChI is InChI=1S/C30H42N4O2/c1-30(2,3)21-28(35)31-25-14-15-27(26(20-25)29(36)32-24-12-8-5-9-13-24)34-18-16-33(17-19-34)22-23-10-6-4-7-11-23/h4,6-7,10-11,14-15,20,24H,5,8-9,12-13,16-19,21-22H2,1-3H3,(H,31,35)(H,32,36). The first-order valence-corrected chi connectivity index (χ1v) is 13.5. The van der Waals surface area contributed by atoms with Crippen molar-refractivity contribution in [1.82, 2.24) is 10.2 Å². The van der Waals surface area contributed by atoms with Crippen LogP contribution < -0.4 is 15.5 Å². The van der Waals surface area contributed by atoms with E-state index < -0.39 is 0 Å². The second-order valence-electron chi connectivity index (χ2n) is 11.6. The van der Waals surface area contributed by atoms with Crippen molar-refractivity contribution >= 4 is 23.2 Å². The third-order valence-corrected chi connectivity index (χ3v) is 7.12. The molecule has 2 aliphatic rings. The van der Waals surface area contributed by atoms with Gasteiger partial charge in [-0.1, -0.05) is 70.4 Å². The molecule has 1 aliphatic carbocycles. The van der Waals surface area contributed by atoms with E-state index >= 15 is 0 Å². The molecule has 4 rings (SSSR count). The van der Waals surface area contributed by atoms with Gasteiger partial charge in [0.25, 0.3) is 5.91 Å². The predicted molar refractivity (Wildman–Crippen MR) is 147 cm³/mol. The zero-order chi connectivity index (χ0) is 25.5. The van der Waals surface area contributed by atoms with Gasteiger partial charge in [-0.05, 0) is 42.0 Å². The van der Waals surface area contributed by atoms with Crippen LogP contribution in [0.15, 0.2) is 48.5 Å². The second kappa shape index (κ2) is 11.9. The van der Waals surface area contributed by atoms with E-state index in [9.17, 15) is 9.59 Å². The van der Waals surface area contributed by atoms with Crippen LogP contribution in [0.4, 0.5) is 11.4 Å². The third kappa shape index (κ3) is 7.57. The van der Waals surface area contributed by atoms with E-state index in [0.717, 1.165) is 51.3 Å². The summed E-state index contributed by atoms with van der Waals surface area (Å²) in [6.07, 6.45) is 6.11. The molecule has 36 heavy (non-hydrogen) atoms. The van der Waals surface area contributed by atoms with Gasteiger partial charge >= 0.3 is 0 Å². The van der Waals surface area contributed by atoms with Gasteiger partial charge in [-0.3, -0.25) is 14.5 Å². The Morgan fingerprint density at radius 2 is 1.61 bits per heavy atom. The molecule has 6 nitrogen and oxygen atoms in total. The van der Waals surface area contributed by atoms with Crippen LogP contribution in [0.1, 0.15) is 75.2 Å². The number of benzene rings is 2. The molecule has 2 amide bonds. The van der Waals surface area contributed by atoms with Crippen molar-refractivity contribution in [3.63, 3.8) is 0 Å². The highest BCUT2D eigenvalue weighted by atomic mass is 16.2. The zero-order valence-corrected chi connectivity index (χ0v) is 22.2. The fraction of sp³-hybridized carbons (Fsp3) is 0.533. The number of hydrogen-bond acceptors (Lipinski definition) is 4. The molecule has 2 fully saturated rings. The van der Waals surface area contributed by atoms with Gasteiger partial charge in [0, 0.05) is 56.6 Å². The van der Waals surface area contributed by atoms with E-state index in [-0.39, 0.29) is 23.3 Å². The number of anilines is 2. The maximum Gasteiger partial charge on any atom is 0.253 e. The minimum absolute atomic E-state index is 0.0246. The molecule has 1 saturated carbocycles. The lowest BCUT2D eigenvalue weighted by molar-refractivity contribution is -0.117. The van der Waals surface area contributed by atoms with E-state index in [1.54, 1.807) is 0 Å². The molecular weight excluding hydrogens is 448 g/mol. The van der Waals surface area contributed by atoms with Crippen molar-refractivity contribution < 1.29 is 9.59 Å². The smallest absolute Gasteiger partial charge is 0.253 e. The molecule has 6 heteroatoms. The van der Waals surface area contributed by atoms with Gasteiger partial charge in [-0.25, -0.2) is 0 Å². The Morgan fingerprint density at radius 1 is 0.917 bits per heavy atom. The zero-order valence-electron chi connectivity index (χ0n) is 22.2. The summed E-state index contributed by atoms with van der Waals surface area (Å²) >= 11 is 0. The van der Waals surface area contributed by atoms with Crippen LogP contribution >= 0.6 is 0 Å². The molecule has 194 valence electrons. The largest absolute Gasteiger partial charge is 0.368 e. The van der Waals surface area contributed by atoms with E-state index in [1.165, 1.54) is 24.8 Å². The minimum Gasteiger partial charge on any atom is -0.368 e. The van der Waals surface area contributed by atoms with Gasteiger partial charge in [0.05, 0.1) is 5.56 Å². The molecule has 1 saturated heterocycles. The maximum atomic E-state index is 13.5. The van der Waals surface area contributed by atoms with Gasteiger partial charge in [0.2, 0.25) is 5.91 Å². The number of carbonyl (C=O) groups is 2. The Hall–Kier alpha value is -2.86. The summed E-state index contributed by atoms with van der Waals surface area (Å²) < 4.78 is 0. The molecule has 2 aromatic rings. The normalized spacial score (nSPS) is 17.6. The Bertz CT molecular complexity index is 1020. The maximum absolute atomic E-state index is 13.5. The number of amides is 2. The van der Waals surface area contributed by atoms with Gasteiger partial charge in [-0.2, -0.15) is 0 Å². The Kier molecular flexibility index (Phi) is 8.68. The summed E-state index contributed by atoms with van der Waals surface area (Å²) in [5, 5.41) is 6.30. The van der Waals surface area contributed by atoms with Gasteiger partial charge in [0.15, 0.2) is 0 Å². The Labute approximate surface area is 216 Å². The molecule has 1 heterocycles. The van der Waals surface area contributed by atoms with Crippen molar-refractivity contribution in [2.75, 3.05) is 36.4 Å². The van der Waals surface area contributed by atoms with Crippen molar-refractivity contribution in [3.05, 3.63) is 59.7 Å². The SMILES string of the molecule is CC(C)(C)CC(=O)Nc1ccc(N2CCN(Cc3ccccc3)CC2)c(C(=O)NC2CCCCC2)c1. The lowest BCUT2D eigenvalue weighted by Crippen LogP contribution is -2.46. The van der Waals surface area contributed by atoms with Gasteiger partial charge in [0.1, 0.15) is 0 Å². The lowest BCUT2D eigenvalue weighted by atomic mass is 9.92. The number of piperazine rings is 1. The number of nitrogens with one attached hydrogen (secondary N) is 2. The number of carbonyl (C=O) groups excluding carboxylic acids is 2. The topological polar surface area (TPSA) is 64.7 Å². The molecule has 0 aromatic heterocycles. The molecule has 0 radical (unpaired) electrons. The first-order valence-electron chi connectivity index (χ1n) is 13.5. The number of rotatable bonds is 7.